The van der Waals surface area contributed by atoms with E-state index in [0.717, 1.165) is 19.3 Å². The molecule has 1 aliphatic heterocycles. The average Bonchev–Trinajstić information content (AvgIpc) is 3.18. The molecule has 10 heteroatoms. The van der Waals surface area contributed by atoms with Gasteiger partial charge in [0, 0.05) is 30.9 Å². The second-order valence-corrected chi connectivity index (χ2v) is 9.76. The fraction of sp³-hybridized carbons (Fsp3) is 0.417. The van der Waals surface area contributed by atoms with Gasteiger partial charge in [0.1, 0.15) is 17.2 Å². The highest BCUT2D eigenvalue weighted by molar-refractivity contribution is 6.31. The summed E-state index contributed by atoms with van der Waals surface area (Å²) in [4.78, 5) is 39.4. The Morgan fingerprint density at radius 3 is 2.82 bits per heavy atom. The van der Waals surface area contributed by atoms with Gasteiger partial charge in [0.15, 0.2) is 5.65 Å². The molecule has 1 aliphatic rings. The van der Waals surface area contributed by atoms with Gasteiger partial charge in [-0.15, -0.1) is 0 Å². The molecule has 2 N–H and O–H groups in total. The number of nitrogens with one attached hydrogen (secondary N) is 2. The van der Waals surface area contributed by atoms with E-state index in [1.807, 2.05) is 20.8 Å². The van der Waals surface area contributed by atoms with Crippen LogP contribution in [0.15, 0.2) is 30.5 Å². The minimum Gasteiger partial charge on any atom is -0.444 e. The second-order valence-electron chi connectivity index (χ2n) is 9.35. The van der Waals surface area contributed by atoms with E-state index < -0.39 is 17.3 Å². The Labute approximate surface area is 201 Å². The number of nitrogens with zero attached hydrogens (tertiary/aromatic N) is 3. The number of H-pyrrole nitrogens is 1. The van der Waals surface area contributed by atoms with Crippen LogP contribution in [-0.2, 0) is 11.2 Å². The van der Waals surface area contributed by atoms with Crippen LogP contribution in [0.1, 0.15) is 56.2 Å². The lowest BCUT2D eigenvalue weighted by Crippen LogP contribution is -2.47. The summed E-state index contributed by atoms with van der Waals surface area (Å²) in [6.07, 6.45) is 4.44. The zero-order valence-electron chi connectivity index (χ0n) is 19.3. The van der Waals surface area contributed by atoms with Crippen LogP contribution in [0.2, 0.25) is 5.02 Å². The van der Waals surface area contributed by atoms with Crippen LogP contribution < -0.4 is 5.32 Å². The first-order chi connectivity index (χ1) is 16.1. The number of carbonyl (C=O) groups is 2. The van der Waals surface area contributed by atoms with Crippen LogP contribution in [0.3, 0.4) is 0 Å². The van der Waals surface area contributed by atoms with E-state index in [1.54, 1.807) is 11.0 Å². The van der Waals surface area contributed by atoms with Crippen molar-refractivity contribution in [1.29, 1.82) is 0 Å². The number of carbonyl (C=O) groups excluding carboxylic acids is 2. The van der Waals surface area contributed by atoms with Gasteiger partial charge in [-0.3, -0.25) is 4.79 Å². The van der Waals surface area contributed by atoms with Gasteiger partial charge < -0.3 is 19.9 Å². The number of anilines is 1. The van der Waals surface area contributed by atoms with E-state index in [1.165, 1.54) is 24.4 Å². The number of aromatic nitrogens is 3. The molecule has 3 aromatic rings. The summed E-state index contributed by atoms with van der Waals surface area (Å²) in [5, 5.41) is 2.64. The Morgan fingerprint density at radius 2 is 2.09 bits per heavy atom. The van der Waals surface area contributed by atoms with Crippen molar-refractivity contribution in [2.75, 3.05) is 11.9 Å². The Hall–Kier alpha value is -3.20. The van der Waals surface area contributed by atoms with E-state index in [2.05, 4.69) is 20.3 Å². The Bertz CT molecular complexity index is 1220. The molecular weight excluding hydrogens is 461 g/mol. The Morgan fingerprint density at radius 1 is 1.29 bits per heavy atom. The summed E-state index contributed by atoms with van der Waals surface area (Å²) in [6, 6.07) is 5.49. The number of likely N-dealkylation sites (tertiary alicyclic amines) is 1. The summed E-state index contributed by atoms with van der Waals surface area (Å²) < 4.78 is 19.0. The number of rotatable bonds is 4. The van der Waals surface area contributed by atoms with Gasteiger partial charge in [-0.05, 0) is 64.3 Å². The lowest BCUT2D eigenvalue weighted by Gasteiger charge is -2.36. The first kappa shape index (κ1) is 23.9. The summed E-state index contributed by atoms with van der Waals surface area (Å²) >= 11 is 5.81. The molecule has 2 aromatic heterocycles. The predicted octanol–water partition coefficient (Wildman–Crippen LogP) is 5.33. The number of halogens is 2. The van der Waals surface area contributed by atoms with E-state index >= 15 is 0 Å². The smallest absolute Gasteiger partial charge is 0.410 e. The van der Waals surface area contributed by atoms with E-state index in [-0.39, 0.29) is 17.2 Å². The molecule has 8 nitrogen and oxygen atoms in total. The highest BCUT2D eigenvalue weighted by Crippen LogP contribution is 2.25. The monoisotopic (exact) mass is 487 g/mol. The Kier molecular flexibility index (Phi) is 6.74. The van der Waals surface area contributed by atoms with Crippen LogP contribution >= 0.6 is 11.6 Å². The molecule has 1 atom stereocenters. The molecule has 3 heterocycles. The largest absolute Gasteiger partial charge is 0.444 e. The number of benzene rings is 1. The summed E-state index contributed by atoms with van der Waals surface area (Å²) in [5.41, 5.74) is 1.04. The molecule has 180 valence electrons. The molecule has 1 saturated heterocycles. The number of ether oxygens (including phenoxy) is 1. The minimum absolute atomic E-state index is 0.0669. The molecule has 0 saturated carbocycles. The van der Waals surface area contributed by atoms with E-state index in [0.29, 0.717) is 41.2 Å². The van der Waals surface area contributed by atoms with Crippen molar-refractivity contribution in [2.24, 2.45) is 0 Å². The normalized spacial score (nSPS) is 16.5. The van der Waals surface area contributed by atoms with Crippen LogP contribution in [0.25, 0.3) is 11.2 Å². The molecule has 1 fully saturated rings. The molecule has 2 amide bonds. The summed E-state index contributed by atoms with van der Waals surface area (Å²) in [5.74, 6) is -0.335. The standard InChI is InChI=1S/C24H27ClFN5O3/c1-24(2,3)34-23(33)31-11-5-4-6-15(31)13-19-29-20-16(9-10-27-21(20)30-19)22(32)28-14-7-8-18(26)17(25)12-14/h7-10,12,15H,4-6,11,13H2,1-3H3,(H,28,32)(H,27,29,30). The molecule has 34 heavy (non-hydrogen) atoms. The second kappa shape index (κ2) is 9.58. The number of piperidine rings is 1. The molecule has 0 aliphatic carbocycles. The lowest BCUT2D eigenvalue weighted by molar-refractivity contribution is 0.00976. The SMILES string of the molecule is CC(C)(C)OC(=O)N1CCCCC1Cc1nc2nccc(C(=O)Nc3ccc(F)c(Cl)c3)c2[nH]1. The third kappa shape index (κ3) is 5.47. The molecule has 1 unspecified atom stereocenters. The van der Waals surface area contributed by atoms with Crippen molar-refractivity contribution in [1.82, 2.24) is 19.9 Å². The van der Waals surface area contributed by atoms with Gasteiger partial charge in [0.25, 0.3) is 5.91 Å². The van der Waals surface area contributed by atoms with Crippen LogP contribution in [-0.4, -0.2) is 50.0 Å². The zero-order valence-corrected chi connectivity index (χ0v) is 20.1. The summed E-state index contributed by atoms with van der Waals surface area (Å²) in [6.45, 7) is 6.18. The molecule has 4 rings (SSSR count). The van der Waals surface area contributed by atoms with Gasteiger partial charge in [-0.25, -0.2) is 19.2 Å². The quantitative estimate of drug-likeness (QED) is 0.517. The van der Waals surface area contributed by atoms with Gasteiger partial charge >= 0.3 is 6.09 Å². The highest BCUT2D eigenvalue weighted by atomic mass is 35.5. The van der Waals surface area contributed by atoms with Crippen LogP contribution in [0, 0.1) is 5.82 Å². The number of imidazole rings is 1. The molecule has 0 bridgehead atoms. The highest BCUT2D eigenvalue weighted by Gasteiger charge is 2.31. The number of pyridine rings is 1. The first-order valence-electron chi connectivity index (χ1n) is 11.2. The van der Waals surface area contributed by atoms with Crippen molar-refractivity contribution < 1.29 is 18.7 Å². The van der Waals surface area contributed by atoms with Crippen molar-refractivity contribution in [2.45, 2.75) is 58.1 Å². The van der Waals surface area contributed by atoms with Crippen molar-refractivity contribution in [3.63, 3.8) is 0 Å². The maximum Gasteiger partial charge on any atom is 0.410 e. The number of fused-ring (bicyclic) bond motifs is 1. The predicted molar refractivity (Wildman–Crippen MR) is 128 cm³/mol. The number of aromatic amines is 1. The van der Waals surface area contributed by atoms with Crippen LogP contribution in [0.5, 0.6) is 0 Å². The van der Waals surface area contributed by atoms with Crippen molar-refractivity contribution in [3.8, 4) is 0 Å². The summed E-state index contributed by atoms with van der Waals surface area (Å²) in [7, 11) is 0. The van der Waals surface area contributed by atoms with Crippen LogP contribution in [0.4, 0.5) is 14.9 Å². The zero-order chi connectivity index (χ0) is 24.5. The van der Waals surface area contributed by atoms with Crippen molar-refractivity contribution in [3.05, 3.63) is 52.7 Å². The maximum absolute atomic E-state index is 13.4. The molecule has 0 radical (unpaired) electrons. The number of amides is 2. The molecule has 1 aromatic carbocycles. The number of hydrogen-bond acceptors (Lipinski definition) is 5. The van der Waals surface area contributed by atoms with Gasteiger partial charge in [-0.1, -0.05) is 11.6 Å². The third-order valence-corrected chi connectivity index (χ3v) is 5.84. The molecule has 0 spiro atoms. The first-order valence-corrected chi connectivity index (χ1v) is 11.6. The fourth-order valence-corrected chi connectivity index (χ4v) is 4.19. The van der Waals surface area contributed by atoms with E-state index in [4.69, 9.17) is 16.3 Å². The maximum atomic E-state index is 13.4. The molecular formula is C24H27ClFN5O3. The fourth-order valence-electron chi connectivity index (χ4n) is 4.01. The minimum atomic E-state index is -0.570. The van der Waals surface area contributed by atoms with Gasteiger partial charge in [-0.2, -0.15) is 0 Å². The van der Waals surface area contributed by atoms with E-state index in [9.17, 15) is 14.0 Å². The average molecular weight is 488 g/mol. The van der Waals surface area contributed by atoms with Crippen molar-refractivity contribution >= 4 is 40.5 Å². The van der Waals surface area contributed by atoms with Gasteiger partial charge in [0.2, 0.25) is 0 Å². The van der Waals surface area contributed by atoms with Gasteiger partial charge in [0.05, 0.1) is 16.1 Å². The lowest BCUT2D eigenvalue weighted by atomic mass is 9.99. The third-order valence-electron chi connectivity index (χ3n) is 5.55. The Balaban J connectivity index is 1.54. The topological polar surface area (TPSA) is 100 Å². The number of hydrogen-bond donors (Lipinski definition) is 2.